The summed E-state index contributed by atoms with van der Waals surface area (Å²) >= 11 is 0. The number of hydrogen-bond donors (Lipinski definition) is 1. The van der Waals surface area contributed by atoms with Crippen molar-refractivity contribution in [1.29, 1.82) is 0 Å². The summed E-state index contributed by atoms with van der Waals surface area (Å²) < 4.78 is 2.21. The van der Waals surface area contributed by atoms with Gasteiger partial charge in [0.05, 0.1) is 30.8 Å². The number of benzene rings is 1. The second-order valence-electron chi connectivity index (χ2n) is 8.73. The number of carbonyl (C=O) groups excluding carboxylic acids is 1. The minimum atomic E-state index is -0.264. The van der Waals surface area contributed by atoms with E-state index in [1.165, 1.54) is 37.2 Å². The summed E-state index contributed by atoms with van der Waals surface area (Å²) in [4.78, 5) is 22.8. The largest absolute Gasteiger partial charge is 0.394 e. The van der Waals surface area contributed by atoms with E-state index in [2.05, 4.69) is 46.1 Å². The summed E-state index contributed by atoms with van der Waals surface area (Å²) in [5.41, 5.74) is 2.31. The van der Waals surface area contributed by atoms with Gasteiger partial charge in [0.1, 0.15) is 5.82 Å². The highest BCUT2D eigenvalue weighted by Crippen LogP contribution is 2.30. The molecule has 0 bridgehead atoms. The lowest BCUT2D eigenvalue weighted by molar-refractivity contribution is -0.123. The third-order valence-electron chi connectivity index (χ3n) is 5.82. The molecule has 0 aliphatic heterocycles. The topological polar surface area (TPSA) is 67.6 Å². The Bertz CT molecular complexity index is 804. The second-order valence-corrected chi connectivity index (χ2v) is 8.73. The van der Waals surface area contributed by atoms with E-state index in [4.69, 9.17) is 14.9 Å². The van der Waals surface area contributed by atoms with Gasteiger partial charge in [-0.05, 0) is 38.5 Å². The van der Waals surface area contributed by atoms with Crippen molar-refractivity contribution in [2.45, 2.75) is 99.0 Å². The fourth-order valence-corrected chi connectivity index (χ4v) is 3.55. The van der Waals surface area contributed by atoms with E-state index >= 15 is 0 Å². The van der Waals surface area contributed by atoms with Gasteiger partial charge in [-0.3, -0.25) is 9.63 Å². The van der Waals surface area contributed by atoms with Crippen molar-refractivity contribution in [3.63, 3.8) is 0 Å². The molecule has 0 aliphatic rings. The van der Waals surface area contributed by atoms with Crippen molar-refractivity contribution >= 4 is 16.9 Å². The average Bonchev–Trinajstić information content (AvgIpc) is 3.18. The predicted octanol–water partition coefficient (Wildman–Crippen LogP) is 6.11. The molecule has 6 heteroatoms. The number of fused-ring (bicyclic) bond motifs is 1. The summed E-state index contributed by atoms with van der Waals surface area (Å²) in [7, 11) is 0. The quantitative estimate of drug-likeness (QED) is 0.315. The number of imidazole rings is 1. The molecule has 2 aromatic rings. The van der Waals surface area contributed by atoms with Crippen LogP contribution in [0.15, 0.2) is 18.2 Å². The average molecular weight is 448 g/mol. The number of aliphatic hydroxyl groups is 1. The number of nitrogens with zero attached hydrogens (tertiary/aromatic N) is 3. The van der Waals surface area contributed by atoms with Gasteiger partial charge in [0, 0.05) is 17.5 Å². The number of carbonyl (C=O) groups is 1. The number of aliphatic hydroxyl groups excluding tert-OH is 1. The van der Waals surface area contributed by atoms with Gasteiger partial charge in [-0.25, -0.2) is 10.0 Å². The summed E-state index contributed by atoms with van der Waals surface area (Å²) in [6.45, 7) is 16.1. The van der Waals surface area contributed by atoms with Gasteiger partial charge in [0.2, 0.25) is 0 Å². The van der Waals surface area contributed by atoms with Crippen molar-refractivity contribution in [3.05, 3.63) is 29.6 Å². The van der Waals surface area contributed by atoms with E-state index in [9.17, 15) is 4.79 Å². The first-order valence-electron chi connectivity index (χ1n) is 12.4. The molecule has 0 saturated heterocycles. The maximum absolute atomic E-state index is 12.6. The fourth-order valence-electron chi connectivity index (χ4n) is 3.55. The molecule has 6 nitrogen and oxygen atoms in total. The van der Waals surface area contributed by atoms with Gasteiger partial charge in [0.15, 0.2) is 0 Å². The van der Waals surface area contributed by atoms with Crippen molar-refractivity contribution in [2.75, 3.05) is 19.8 Å². The maximum Gasteiger partial charge on any atom is 0.277 e. The number of unbranched alkanes of at least 4 members (excludes halogenated alkanes) is 4. The van der Waals surface area contributed by atoms with Crippen molar-refractivity contribution in [3.8, 4) is 0 Å². The molecular formula is C26H45N3O3. The van der Waals surface area contributed by atoms with Crippen LogP contribution in [0.1, 0.15) is 103 Å². The first kappa shape index (κ1) is 28.1. The molecule has 0 unspecified atom stereocenters. The van der Waals surface area contributed by atoms with Gasteiger partial charge < -0.3 is 9.67 Å². The van der Waals surface area contributed by atoms with Gasteiger partial charge in [0.25, 0.3) is 5.91 Å². The maximum atomic E-state index is 12.6. The number of amides is 1. The lowest BCUT2D eigenvalue weighted by Gasteiger charge is -2.23. The van der Waals surface area contributed by atoms with Crippen LogP contribution >= 0.6 is 0 Å². The summed E-state index contributed by atoms with van der Waals surface area (Å²) in [6, 6.07) is 5.55. The minimum Gasteiger partial charge on any atom is -0.394 e. The standard InChI is InChI=1S/C19H29N3O3.C7H16/c1-6-19(4,5)18-20-15-13-14(9-10-16(15)21(18)7-2)17(24)22(11-12-23)25-8-3;1-3-5-7-6-4-2/h9-10,13,23H,6-8,11-12H2,1-5H3;3-7H2,1-2H3. The third-order valence-corrected chi connectivity index (χ3v) is 5.82. The van der Waals surface area contributed by atoms with Crippen molar-refractivity contribution < 1.29 is 14.7 Å². The van der Waals surface area contributed by atoms with Crippen LogP contribution < -0.4 is 0 Å². The second kappa shape index (κ2) is 14.3. The Morgan fingerprint density at radius 3 is 2.25 bits per heavy atom. The molecule has 2 rings (SSSR count). The van der Waals surface area contributed by atoms with Crippen LogP contribution in [0.25, 0.3) is 11.0 Å². The zero-order valence-electron chi connectivity index (χ0n) is 21.4. The zero-order chi connectivity index (χ0) is 24.1. The molecule has 0 fully saturated rings. The van der Waals surface area contributed by atoms with Crippen LogP contribution in [0.5, 0.6) is 0 Å². The highest BCUT2D eigenvalue weighted by Gasteiger charge is 2.26. The van der Waals surface area contributed by atoms with Crippen LogP contribution in [-0.4, -0.2) is 45.4 Å². The highest BCUT2D eigenvalue weighted by molar-refractivity contribution is 5.97. The van der Waals surface area contributed by atoms with E-state index in [0.29, 0.717) is 12.2 Å². The Morgan fingerprint density at radius 1 is 1.09 bits per heavy atom. The first-order chi connectivity index (χ1) is 15.3. The Balaban J connectivity index is 0.000000633. The molecule has 0 saturated carbocycles. The van der Waals surface area contributed by atoms with E-state index < -0.39 is 0 Å². The molecule has 182 valence electrons. The summed E-state index contributed by atoms with van der Waals surface area (Å²) in [5, 5.41) is 10.3. The molecule has 0 spiro atoms. The lowest BCUT2D eigenvalue weighted by atomic mass is 9.89. The van der Waals surface area contributed by atoms with Crippen LogP contribution in [0.4, 0.5) is 0 Å². The van der Waals surface area contributed by atoms with Gasteiger partial charge >= 0.3 is 0 Å². The Kier molecular flexibility index (Phi) is 12.5. The fraction of sp³-hybridized carbons (Fsp3) is 0.692. The minimum absolute atomic E-state index is 0.0343. The van der Waals surface area contributed by atoms with Crippen LogP contribution in [0, 0.1) is 0 Å². The van der Waals surface area contributed by atoms with Crippen LogP contribution in [-0.2, 0) is 16.8 Å². The molecule has 0 radical (unpaired) electrons. The molecule has 1 aromatic heterocycles. The molecule has 0 aliphatic carbocycles. The number of aromatic nitrogens is 2. The Hall–Kier alpha value is -1.92. The molecule has 1 N–H and O–H groups in total. The summed E-state index contributed by atoms with van der Waals surface area (Å²) in [5.74, 6) is 0.772. The number of hydroxylamine groups is 2. The molecular weight excluding hydrogens is 402 g/mol. The SMILES string of the molecule is CCCCCCC.CCON(CCO)C(=O)c1ccc2c(c1)nc(C(C)(C)CC)n2CC. The normalized spacial score (nSPS) is 11.4. The highest BCUT2D eigenvalue weighted by atomic mass is 16.7. The van der Waals surface area contributed by atoms with E-state index in [0.717, 1.165) is 29.8 Å². The molecule has 1 aromatic carbocycles. The van der Waals surface area contributed by atoms with Crippen molar-refractivity contribution in [2.24, 2.45) is 0 Å². The monoisotopic (exact) mass is 447 g/mol. The number of rotatable bonds is 12. The van der Waals surface area contributed by atoms with E-state index in [1.54, 1.807) is 6.07 Å². The Morgan fingerprint density at radius 2 is 1.75 bits per heavy atom. The van der Waals surface area contributed by atoms with Crippen LogP contribution in [0.3, 0.4) is 0 Å². The Labute approximate surface area is 194 Å². The van der Waals surface area contributed by atoms with E-state index in [-0.39, 0.29) is 24.5 Å². The summed E-state index contributed by atoms with van der Waals surface area (Å²) in [6.07, 6.45) is 7.99. The van der Waals surface area contributed by atoms with Gasteiger partial charge in [-0.15, -0.1) is 0 Å². The third kappa shape index (κ3) is 7.59. The lowest BCUT2D eigenvalue weighted by Crippen LogP contribution is -2.33. The smallest absolute Gasteiger partial charge is 0.277 e. The number of hydrogen-bond acceptors (Lipinski definition) is 4. The number of aryl methyl sites for hydroxylation is 1. The molecule has 1 heterocycles. The predicted molar refractivity (Wildman–Crippen MR) is 133 cm³/mol. The zero-order valence-corrected chi connectivity index (χ0v) is 21.4. The first-order valence-corrected chi connectivity index (χ1v) is 12.4. The van der Waals surface area contributed by atoms with Gasteiger partial charge in [-0.1, -0.05) is 66.7 Å². The van der Waals surface area contributed by atoms with E-state index in [1.807, 2.05) is 19.1 Å². The van der Waals surface area contributed by atoms with Gasteiger partial charge in [-0.2, -0.15) is 0 Å². The molecule has 0 atom stereocenters. The molecule has 32 heavy (non-hydrogen) atoms. The molecule has 1 amide bonds. The van der Waals surface area contributed by atoms with Crippen LogP contribution in [0.2, 0.25) is 0 Å². The van der Waals surface area contributed by atoms with Crippen molar-refractivity contribution in [1.82, 2.24) is 14.6 Å².